The first-order chi connectivity index (χ1) is 17.0. The van der Waals surface area contributed by atoms with Crippen LogP contribution < -0.4 is 4.74 Å². The van der Waals surface area contributed by atoms with E-state index < -0.39 is 5.54 Å². The van der Waals surface area contributed by atoms with Crippen molar-refractivity contribution < 1.29 is 14.3 Å². The van der Waals surface area contributed by atoms with Gasteiger partial charge in [0.2, 0.25) is 0 Å². The summed E-state index contributed by atoms with van der Waals surface area (Å²) < 4.78 is 10.9. The Hall–Kier alpha value is -3.40. The molecule has 1 aliphatic rings. The zero-order valence-corrected chi connectivity index (χ0v) is 21.0. The van der Waals surface area contributed by atoms with Gasteiger partial charge in [0.15, 0.2) is 5.54 Å². The number of carbonyl (C=O) groups excluding carboxylic acids is 1. The summed E-state index contributed by atoms with van der Waals surface area (Å²) in [6.07, 6.45) is 6.32. The van der Waals surface area contributed by atoms with Crippen LogP contribution in [0, 0.1) is 5.41 Å². The molecule has 0 aromatic heterocycles. The van der Waals surface area contributed by atoms with Gasteiger partial charge < -0.3 is 9.47 Å². The van der Waals surface area contributed by atoms with Crippen LogP contribution in [0.1, 0.15) is 62.1 Å². The smallest absolute Gasteiger partial charge is 0.338 e. The highest BCUT2D eigenvalue weighted by Gasteiger charge is 2.47. The van der Waals surface area contributed by atoms with Crippen molar-refractivity contribution in [2.45, 2.75) is 51.0 Å². The predicted octanol–water partition coefficient (Wildman–Crippen LogP) is 6.96. The molecule has 1 saturated carbocycles. The molecule has 0 heterocycles. The third-order valence-corrected chi connectivity index (χ3v) is 7.23. The molecule has 182 valence electrons. The molecule has 3 aromatic rings. The summed E-state index contributed by atoms with van der Waals surface area (Å²) in [6, 6.07) is 27.9. The molecule has 0 bridgehead atoms. The minimum absolute atomic E-state index is 0.0195. The normalized spacial score (nSPS) is 16.5. The van der Waals surface area contributed by atoms with Crippen LogP contribution in [0.5, 0.6) is 5.75 Å². The van der Waals surface area contributed by atoms with E-state index in [0.717, 1.165) is 41.0 Å². The van der Waals surface area contributed by atoms with Crippen LogP contribution in [-0.4, -0.2) is 25.9 Å². The fourth-order valence-electron chi connectivity index (χ4n) is 5.36. The molecule has 1 fully saturated rings. The van der Waals surface area contributed by atoms with Crippen LogP contribution in [0.15, 0.2) is 89.9 Å². The van der Waals surface area contributed by atoms with Gasteiger partial charge in [-0.05, 0) is 42.4 Å². The van der Waals surface area contributed by atoms with Crippen molar-refractivity contribution in [3.63, 3.8) is 0 Å². The number of methoxy groups -OCH3 is 2. The fourth-order valence-corrected chi connectivity index (χ4v) is 5.36. The van der Waals surface area contributed by atoms with Gasteiger partial charge in [0.05, 0.1) is 19.9 Å². The lowest BCUT2D eigenvalue weighted by Crippen LogP contribution is -2.42. The third kappa shape index (κ3) is 5.48. The maximum Gasteiger partial charge on any atom is 0.338 e. The summed E-state index contributed by atoms with van der Waals surface area (Å²) in [6.45, 7) is 2.30. The van der Waals surface area contributed by atoms with Crippen LogP contribution >= 0.6 is 0 Å². The Bertz CT molecular complexity index is 1090. The van der Waals surface area contributed by atoms with Gasteiger partial charge in [-0.3, -0.25) is 4.99 Å². The average molecular weight is 470 g/mol. The minimum Gasteiger partial charge on any atom is -0.497 e. The van der Waals surface area contributed by atoms with Crippen molar-refractivity contribution in [1.29, 1.82) is 0 Å². The van der Waals surface area contributed by atoms with Crippen molar-refractivity contribution in [2.75, 3.05) is 14.2 Å². The zero-order chi connectivity index (χ0) is 24.7. The van der Waals surface area contributed by atoms with Gasteiger partial charge in [-0.1, -0.05) is 99.0 Å². The summed E-state index contributed by atoms with van der Waals surface area (Å²) in [5.41, 5.74) is 2.33. The number of nitrogens with zero attached hydrogens (tertiary/aromatic N) is 1. The molecule has 0 spiro atoms. The molecule has 0 radical (unpaired) electrons. The van der Waals surface area contributed by atoms with E-state index in [9.17, 15) is 4.79 Å². The van der Waals surface area contributed by atoms with E-state index in [4.69, 9.17) is 14.5 Å². The molecular weight excluding hydrogens is 434 g/mol. The van der Waals surface area contributed by atoms with Gasteiger partial charge in [0.25, 0.3) is 0 Å². The van der Waals surface area contributed by atoms with Crippen molar-refractivity contribution >= 4 is 11.7 Å². The van der Waals surface area contributed by atoms with Gasteiger partial charge in [0, 0.05) is 11.1 Å². The summed E-state index contributed by atoms with van der Waals surface area (Å²) in [5, 5.41) is 0. The van der Waals surface area contributed by atoms with Crippen molar-refractivity contribution in [2.24, 2.45) is 10.4 Å². The lowest BCUT2D eigenvalue weighted by Gasteiger charge is -2.41. The maximum absolute atomic E-state index is 13.8. The Morgan fingerprint density at radius 2 is 1.37 bits per heavy atom. The van der Waals surface area contributed by atoms with Crippen LogP contribution in [0.4, 0.5) is 0 Å². The average Bonchev–Trinajstić information content (AvgIpc) is 2.92. The molecule has 0 saturated heterocycles. The quantitative estimate of drug-likeness (QED) is 0.265. The van der Waals surface area contributed by atoms with Gasteiger partial charge >= 0.3 is 5.97 Å². The fraction of sp³-hybridized carbons (Fsp3) is 0.355. The molecule has 0 aliphatic heterocycles. The molecule has 4 heteroatoms. The first-order valence-corrected chi connectivity index (χ1v) is 12.4. The lowest BCUT2D eigenvalue weighted by molar-refractivity contribution is -0.149. The standard InChI is InChI=1S/C31H35NO3/c1-30(21-11-6-12-22-30)23-31(29(33)35-3,26-17-19-27(34-2)20-18-26)32-28(24-13-7-4-8-14-24)25-15-9-5-10-16-25/h4-5,7-10,13-20H,6,11-12,21-23H2,1-3H3. The zero-order valence-electron chi connectivity index (χ0n) is 21.0. The Morgan fingerprint density at radius 1 is 0.829 bits per heavy atom. The maximum atomic E-state index is 13.8. The van der Waals surface area contributed by atoms with E-state index in [1.807, 2.05) is 84.9 Å². The monoisotopic (exact) mass is 469 g/mol. The van der Waals surface area contributed by atoms with Gasteiger partial charge in [-0.15, -0.1) is 0 Å². The molecule has 4 nitrogen and oxygen atoms in total. The van der Waals surface area contributed by atoms with Gasteiger partial charge in [0.1, 0.15) is 5.75 Å². The highest BCUT2D eigenvalue weighted by Crippen LogP contribution is 2.47. The van der Waals surface area contributed by atoms with E-state index in [-0.39, 0.29) is 11.4 Å². The molecule has 1 aliphatic carbocycles. The number of rotatable bonds is 8. The minimum atomic E-state index is -1.19. The molecule has 3 aromatic carbocycles. The second-order valence-corrected chi connectivity index (χ2v) is 9.82. The highest BCUT2D eigenvalue weighted by molar-refractivity contribution is 6.14. The topological polar surface area (TPSA) is 47.9 Å². The first-order valence-electron chi connectivity index (χ1n) is 12.4. The third-order valence-electron chi connectivity index (χ3n) is 7.23. The number of hydrogen-bond acceptors (Lipinski definition) is 4. The van der Waals surface area contributed by atoms with Gasteiger partial charge in [-0.25, -0.2) is 4.79 Å². The van der Waals surface area contributed by atoms with Crippen molar-refractivity contribution in [3.05, 3.63) is 102 Å². The molecule has 0 amide bonds. The molecule has 1 atom stereocenters. The van der Waals surface area contributed by atoms with Crippen molar-refractivity contribution in [3.8, 4) is 5.75 Å². The largest absolute Gasteiger partial charge is 0.497 e. The lowest BCUT2D eigenvalue weighted by atomic mass is 9.66. The summed E-state index contributed by atoms with van der Waals surface area (Å²) in [5.74, 6) is 0.408. The Balaban J connectivity index is 1.98. The second kappa shape index (κ2) is 10.9. The second-order valence-electron chi connectivity index (χ2n) is 9.82. The molecule has 1 unspecified atom stereocenters. The SMILES string of the molecule is COC(=O)C(CC1(C)CCCCC1)(N=C(c1ccccc1)c1ccccc1)c1ccc(OC)cc1. The van der Waals surface area contributed by atoms with Crippen LogP contribution in [0.2, 0.25) is 0 Å². The molecule has 35 heavy (non-hydrogen) atoms. The van der Waals surface area contributed by atoms with E-state index >= 15 is 0 Å². The van der Waals surface area contributed by atoms with Crippen LogP contribution in [0.3, 0.4) is 0 Å². The van der Waals surface area contributed by atoms with E-state index in [1.165, 1.54) is 26.4 Å². The first kappa shape index (κ1) is 24.7. The number of aliphatic imine (C=N–C) groups is 1. The Morgan fingerprint density at radius 3 is 1.86 bits per heavy atom. The summed E-state index contributed by atoms with van der Waals surface area (Å²) in [4.78, 5) is 19.2. The van der Waals surface area contributed by atoms with E-state index in [1.54, 1.807) is 7.11 Å². The van der Waals surface area contributed by atoms with Crippen LogP contribution in [0.25, 0.3) is 0 Å². The van der Waals surface area contributed by atoms with Crippen LogP contribution in [-0.2, 0) is 15.1 Å². The number of hydrogen-bond donors (Lipinski definition) is 0. The van der Waals surface area contributed by atoms with E-state index in [0.29, 0.717) is 6.42 Å². The van der Waals surface area contributed by atoms with Gasteiger partial charge in [-0.2, -0.15) is 0 Å². The number of ether oxygens (including phenoxy) is 2. The number of carbonyl (C=O) groups is 1. The summed E-state index contributed by atoms with van der Waals surface area (Å²) in [7, 11) is 3.11. The Kier molecular flexibility index (Phi) is 7.70. The van der Waals surface area contributed by atoms with Crippen molar-refractivity contribution in [1.82, 2.24) is 0 Å². The number of benzene rings is 3. The highest BCUT2D eigenvalue weighted by atomic mass is 16.5. The molecular formula is C31H35NO3. The predicted molar refractivity (Wildman–Crippen MR) is 141 cm³/mol. The number of esters is 1. The summed E-state index contributed by atoms with van der Waals surface area (Å²) >= 11 is 0. The van der Waals surface area contributed by atoms with E-state index in [2.05, 4.69) is 6.92 Å². The molecule has 4 rings (SSSR count). The Labute approximate surface area is 209 Å². The molecule has 0 N–H and O–H groups in total.